The summed E-state index contributed by atoms with van der Waals surface area (Å²) in [6.07, 6.45) is 1.72. The second-order valence-corrected chi connectivity index (χ2v) is 7.02. The molecule has 2 aromatic rings. The predicted octanol–water partition coefficient (Wildman–Crippen LogP) is 2.57. The van der Waals surface area contributed by atoms with E-state index < -0.39 is 0 Å². The van der Waals surface area contributed by atoms with Crippen molar-refractivity contribution in [2.24, 2.45) is 0 Å². The predicted molar refractivity (Wildman–Crippen MR) is 102 cm³/mol. The van der Waals surface area contributed by atoms with Gasteiger partial charge in [-0.1, -0.05) is 36.4 Å². The van der Waals surface area contributed by atoms with Crippen LogP contribution in [0, 0.1) is 6.92 Å². The van der Waals surface area contributed by atoms with Crippen LogP contribution in [0.3, 0.4) is 0 Å². The van der Waals surface area contributed by atoms with Gasteiger partial charge in [0.15, 0.2) is 0 Å². The van der Waals surface area contributed by atoms with E-state index in [0.29, 0.717) is 6.54 Å². The van der Waals surface area contributed by atoms with Gasteiger partial charge in [0.2, 0.25) is 11.8 Å². The summed E-state index contributed by atoms with van der Waals surface area (Å²) >= 11 is 0. The number of benzene rings is 2. The third-order valence-corrected chi connectivity index (χ3v) is 5.50. The van der Waals surface area contributed by atoms with E-state index in [1.54, 1.807) is 9.80 Å². The third-order valence-electron chi connectivity index (χ3n) is 5.50. The molecule has 0 aliphatic carbocycles. The maximum atomic E-state index is 12.9. The maximum Gasteiger partial charge on any atom is 0.290 e. The Morgan fingerprint density at radius 3 is 2.48 bits per heavy atom. The van der Waals surface area contributed by atoms with Crippen LogP contribution in [0.1, 0.15) is 30.9 Å². The second kappa shape index (κ2) is 7.78. The molecule has 142 valence electrons. The van der Waals surface area contributed by atoms with Gasteiger partial charge in [0.05, 0.1) is 0 Å². The Morgan fingerprint density at radius 2 is 1.78 bits per heavy atom. The summed E-state index contributed by atoms with van der Waals surface area (Å²) < 4.78 is 0. The van der Waals surface area contributed by atoms with Crippen LogP contribution in [-0.2, 0) is 20.9 Å². The first-order valence-corrected chi connectivity index (χ1v) is 9.15. The number of amides is 2. The van der Waals surface area contributed by atoms with Crippen molar-refractivity contribution in [3.05, 3.63) is 47.5 Å². The summed E-state index contributed by atoms with van der Waals surface area (Å²) in [5, 5.41) is 9.26. The largest absolute Gasteiger partial charge is 0.483 e. The number of fused-ring (bicyclic) bond motifs is 2. The highest BCUT2D eigenvalue weighted by Crippen LogP contribution is 2.30. The zero-order valence-electron chi connectivity index (χ0n) is 15.6. The lowest BCUT2D eigenvalue weighted by molar-refractivity contribution is -0.159. The van der Waals surface area contributed by atoms with Gasteiger partial charge >= 0.3 is 0 Å². The number of rotatable bonds is 2. The van der Waals surface area contributed by atoms with Crippen molar-refractivity contribution in [2.75, 3.05) is 6.54 Å². The average Bonchev–Trinajstić information content (AvgIpc) is 3.16. The highest BCUT2D eigenvalue weighted by Gasteiger charge is 2.45. The van der Waals surface area contributed by atoms with Crippen molar-refractivity contribution in [1.29, 1.82) is 0 Å². The molecule has 0 unspecified atom stereocenters. The van der Waals surface area contributed by atoms with E-state index in [-0.39, 0.29) is 30.4 Å². The highest BCUT2D eigenvalue weighted by atomic mass is 16.3. The quantitative estimate of drug-likeness (QED) is 0.827. The molecule has 0 spiro atoms. The minimum atomic E-state index is -0.382. The molecule has 27 heavy (non-hydrogen) atoms. The van der Waals surface area contributed by atoms with Crippen molar-refractivity contribution in [3.8, 4) is 0 Å². The van der Waals surface area contributed by atoms with E-state index in [1.165, 1.54) is 16.3 Å². The molecule has 2 aliphatic heterocycles. The minimum absolute atomic E-state index is 0.0912. The number of hydrogen-bond donors (Lipinski definition) is 1. The first-order valence-electron chi connectivity index (χ1n) is 9.15. The topological polar surface area (TPSA) is 77.9 Å². The fourth-order valence-corrected chi connectivity index (χ4v) is 4.09. The van der Waals surface area contributed by atoms with Crippen LogP contribution in [0.15, 0.2) is 36.4 Å². The lowest BCUT2D eigenvalue weighted by Crippen LogP contribution is -2.61. The molecular weight excluding hydrogens is 344 g/mol. The van der Waals surface area contributed by atoms with Gasteiger partial charge in [0, 0.05) is 13.1 Å². The van der Waals surface area contributed by atoms with Crippen molar-refractivity contribution >= 4 is 29.1 Å². The van der Waals surface area contributed by atoms with Crippen LogP contribution < -0.4 is 0 Å². The molecule has 6 heteroatoms. The van der Waals surface area contributed by atoms with E-state index in [2.05, 4.69) is 31.2 Å². The first kappa shape index (κ1) is 18.9. The average molecular weight is 368 g/mol. The molecule has 4 rings (SSSR count). The molecule has 2 aromatic carbocycles. The Balaban J connectivity index is 0.000000659. The Bertz CT molecular complexity index is 880. The molecule has 2 saturated heterocycles. The fraction of sp³-hybridized carbons (Fsp3) is 0.381. The number of nitrogens with zero attached hydrogens (tertiary/aromatic N) is 2. The summed E-state index contributed by atoms with van der Waals surface area (Å²) in [6.45, 7) is 4.92. The van der Waals surface area contributed by atoms with E-state index >= 15 is 0 Å². The van der Waals surface area contributed by atoms with Crippen molar-refractivity contribution < 1.29 is 19.5 Å². The fourth-order valence-electron chi connectivity index (χ4n) is 4.09. The van der Waals surface area contributed by atoms with Gasteiger partial charge in [-0.2, -0.15) is 0 Å². The normalized spacial score (nSPS) is 21.7. The van der Waals surface area contributed by atoms with Crippen LogP contribution in [0.5, 0.6) is 0 Å². The van der Waals surface area contributed by atoms with Gasteiger partial charge in [-0.3, -0.25) is 14.4 Å². The second-order valence-electron chi connectivity index (χ2n) is 7.02. The first-order chi connectivity index (χ1) is 13.0. The number of aryl methyl sites for hydroxylation is 1. The molecule has 2 aliphatic rings. The smallest absolute Gasteiger partial charge is 0.290 e. The lowest BCUT2D eigenvalue weighted by atomic mass is 9.98. The summed E-state index contributed by atoms with van der Waals surface area (Å²) in [6, 6.07) is 11.8. The number of carboxylic acid groups (broad SMARTS) is 1. The summed E-state index contributed by atoms with van der Waals surface area (Å²) in [5.41, 5.74) is 2.33. The van der Waals surface area contributed by atoms with Crippen LogP contribution in [0.25, 0.3) is 10.8 Å². The van der Waals surface area contributed by atoms with Gasteiger partial charge in [-0.25, -0.2) is 0 Å². The molecular formula is C21H24N2O4. The molecule has 1 N–H and O–H groups in total. The zero-order valence-corrected chi connectivity index (χ0v) is 15.6. The Hall–Kier alpha value is -2.89. The van der Waals surface area contributed by atoms with E-state index in [9.17, 15) is 9.59 Å². The van der Waals surface area contributed by atoms with Crippen LogP contribution >= 0.6 is 0 Å². The summed E-state index contributed by atoms with van der Waals surface area (Å²) in [7, 11) is 0. The number of piperazine rings is 1. The van der Waals surface area contributed by atoms with E-state index in [0.717, 1.165) is 24.9 Å². The van der Waals surface area contributed by atoms with Crippen molar-refractivity contribution in [1.82, 2.24) is 9.80 Å². The summed E-state index contributed by atoms with van der Waals surface area (Å²) in [5.74, 6) is 0.192. The Morgan fingerprint density at radius 1 is 1.11 bits per heavy atom. The molecule has 0 bridgehead atoms. The molecule has 0 saturated carbocycles. The highest BCUT2D eigenvalue weighted by molar-refractivity contribution is 5.97. The monoisotopic (exact) mass is 368 g/mol. The molecule has 0 radical (unpaired) electrons. The van der Waals surface area contributed by atoms with E-state index in [4.69, 9.17) is 9.90 Å². The third kappa shape index (κ3) is 3.39. The van der Waals surface area contributed by atoms with Gasteiger partial charge in [0.25, 0.3) is 6.47 Å². The maximum absolute atomic E-state index is 12.9. The molecule has 6 nitrogen and oxygen atoms in total. The number of carbonyl (C=O) groups excluding carboxylic acids is 2. The molecule has 2 amide bonds. The molecule has 2 fully saturated rings. The van der Waals surface area contributed by atoms with Crippen molar-refractivity contribution in [2.45, 2.75) is 45.3 Å². The van der Waals surface area contributed by atoms with E-state index in [1.807, 2.05) is 19.1 Å². The lowest BCUT2D eigenvalue weighted by Gasteiger charge is -2.41. The van der Waals surface area contributed by atoms with Gasteiger partial charge < -0.3 is 14.9 Å². The molecule has 2 heterocycles. The SMILES string of the molecule is Cc1ccc(CN2C(=O)[C@H]3CCCN3C(=O)[C@@H]2C)c2ccccc12.O=CO. The molecule has 2 atom stereocenters. The van der Waals surface area contributed by atoms with Gasteiger partial charge in [-0.05, 0) is 48.6 Å². The van der Waals surface area contributed by atoms with Crippen LogP contribution in [-0.4, -0.2) is 51.8 Å². The Kier molecular flexibility index (Phi) is 5.44. The van der Waals surface area contributed by atoms with Gasteiger partial charge in [0.1, 0.15) is 12.1 Å². The van der Waals surface area contributed by atoms with Crippen LogP contribution in [0.4, 0.5) is 0 Å². The Labute approximate surface area is 158 Å². The standard InChI is InChI=1S/C20H22N2O2.CH2O2/c1-13-9-10-15(17-7-4-3-6-16(13)17)12-22-14(2)19(23)21-11-5-8-18(21)20(22)24;2-1-3/h3-4,6-7,9-10,14,18H,5,8,11-12H2,1-2H3;1H,(H,2,3)/t14-,18+;/m0./s1. The van der Waals surface area contributed by atoms with Crippen LogP contribution in [0.2, 0.25) is 0 Å². The minimum Gasteiger partial charge on any atom is -0.483 e. The number of carbonyl (C=O) groups is 3. The molecule has 0 aromatic heterocycles. The van der Waals surface area contributed by atoms with Crippen molar-refractivity contribution in [3.63, 3.8) is 0 Å². The number of hydrogen-bond acceptors (Lipinski definition) is 3. The van der Waals surface area contributed by atoms with Gasteiger partial charge in [-0.15, -0.1) is 0 Å². The zero-order chi connectivity index (χ0) is 19.6. The summed E-state index contributed by atoms with van der Waals surface area (Å²) in [4.78, 5) is 37.4.